The molecule has 0 N–H and O–H groups in total. The molecular weight excluding hydrogens is 314 g/mol. The van der Waals surface area contributed by atoms with E-state index < -0.39 is 4.92 Å². The number of rotatable bonds is 4. The van der Waals surface area contributed by atoms with Gasteiger partial charge in [-0.2, -0.15) is 5.26 Å². The van der Waals surface area contributed by atoms with E-state index in [1.54, 1.807) is 18.2 Å². The van der Waals surface area contributed by atoms with Gasteiger partial charge in [-0.25, -0.2) is 0 Å². The monoisotopic (exact) mass is 333 g/mol. The van der Waals surface area contributed by atoms with Gasteiger partial charge in [0.1, 0.15) is 0 Å². The molecule has 5 heteroatoms. The van der Waals surface area contributed by atoms with Crippen molar-refractivity contribution in [1.82, 2.24) is 0 Å². The minimum absolute atomic E-state index is 0.0147. The Hall–Kier alpha value is -3.13. The van der Waals surface area contributed by atoms with Crippen LogP contribution in [0.1, 0.15) is 30.4 Å². The lowest BCUT2D eigenvalue weighted by Gasteiger charge is -2.28. The van der Waals surface area contributed by atoms with E-state index in [1.165, 1.54) is 37.1 Å². The lowest BCUT2D eigenvalue weighted by atomic mass is 10.0. The van der Waals surface area contributed by atoms with E-state index in [9.17, 15) is 15.4 Å². The summed E-state index contributed by atoms with van der Waals surface area (Å²) in [5.74, 6) is 0. The number of nitro benzene ring substituents is 1. The highest BCUT2D eigenvalue weighted by atomic mass is 16.6. The van der Waals surface area contributed by atoms with Crippen molar-refractivity contribution in [2.45, 2.75) is 19.3 Å². The van der Waals surface area contributed by atoms with Gasteiger partial charge in [-0.3, -0.25) is 10.1 Å². The van der Waals surface area contributed by atoms with Crippen molar-refractivity contribution < 1.29 is 4.92 Å². The van der Waals surface area contributed by atoms with Crippen molar-refractivity contribution in [2.75, 3.05) is 18.0 Å². The van der Waals surface area contributed by atoms with E-state index in [4.69, 9.17) is 0 Å². The molecule has 0 atom stereocenters. The lowest BCUT2D eigenvalue weighted by molar-refractivity contribution is -0.384. The summed E-state index contributed by atoms with van der Waals surface area (Å²) in [5, 5.41) is 20.3. The van der Waals surface area contributed by atoms with Gasteiger partial charge in [0.25, 0.3) is 5.69 Å². The maximum absolute atomic E-state index is 10.9. The number of non-ortho nitro benzene ring substituents is 1. The van der Waals surface area contributed by atoms with Crippen LogP contribution >= 0.6 is 0 Å². The summed E-state index contributed by atoms with van der Waals surface area (Å²) in [6, 6.07) is 16.4. The SMILES string of the molecule is N#C/C(=C\c1ccc(N2CCCCC2)cc1)c1cccc([N+](=O)[O-])c1. The second-order valence-electron chi connectivity index (χ2n) is 6.12. The molecule has 0 saturated carbocycles. The molecule has 1 fully saturated rings. The molecule has 1 heterocycles. The minimum atomic E-state index is -0.452. The molecule has 126 valence electrons. The predicted molar refractivity (Wildman–Crippen MR) is 99.1 cm³/mol. The number of piperidine rings is 1. The van der Waals surface area contributed by atoms with E-state index >= 15 is 0 Å². The summed E-state index contributed by atoms with van der Waals surface area (Å²) < 4.78 is 0. The van der Waals surface area contributed by atoms with Gasteiger partial charge in [0.2, 0.25) is 0 Å². The highest BCUT2D eigenvalue weighted by molar-refractivity contribution is 5.90. The van der Waals surface area contributed by atoms with Crippen LogP contribution in [0.4, 0.5) is 11.4 Å². The number of allylic oxidation sites excluding steroid dienone is 1. The van der Waals surface area contributed by atoms with Gasteiger partial charge < -0.3 is 4.90 Å². The van der Waals surface area contributed by atoms with Gasteiger partial charge in [-0.05, 0) is 48.6 Å². The molecule has 2 aromatic carbocycles. The van der Waals surface area contributed by atoms with Crippen molar-refractivity contribution in [2.24, 2.45) is 0 Å². The van der Waals surface area contributed by atoms with Crippen molar-refractivity contribution in [3.63, 3.8) is 0 Å². The Bertz CT molecular complexity index is 829. The van der Waals surface area contributed by atoms with Crippen molar-refractivity contribution >= 4 is 23.0 Å². The standard InChI is InChI=1S/C20H19N3O2/c21-15-18(17-5-4-6-20(14-17)23(24)25)13-16-7-9-19(10-8-16)22-11-2-1-3-12-22/h4-10,13-14H,1-3,11-12H2/b18-13+. The topological polar surface area (TPSA) is 70.2 Å². The van der Waals surface area contributed by atoms with Crippen LogP contribution in [0.25, 0.3) is 11.6 Å². The number of hydrogen-bond acceptors (Lipinski definition) is 4. The molecule has 0 unspecified atom stereocenters. The number of benzene rings is 2. The van der Waals surface area contributed by atoms with E-state index in [1.807, 2.05) is 12.1 Å². The predicted octanol–water partition coefficient (Wildman–Crippen LogP) is 4.65. The second-order valence-corrected chi connectivity index (χ2v) is 6.12. The van der Waals surface area contributed by atoms with Gasteiger partial charge in [-0.15, -0.1) is 0 Å². The fraction of sp³-hybridized carbons (Fsp3) is 0.250. The molecule has 0 aliphatic carbocycles. The van der Waals surface area contributed by atoms with E-state index in [0.29, 0.717) is 11.1 Å². The molecule has 2 aromatic rings. The van der Waals surface area contributed by atoms with Gasteiger partial charge >= 0.3 is 0 Å². The molecule has 0 spiro atoms. The molecule has 1 saturated heterocycles. The van der Waals surface area contributed by atoms with Crippen LogP contribution in [0.3, 0.4) is 0 Å². The highest BCUT2D eigenvalue weighted by Crippen LogP contribution is 2.24. The van der Waals surface area contributed by atoms with Gasteiger partial charge in [0, 0.05) is 30.9 Å². The Kier molecular flexibility index (Phi) is 5.10. The third kappa shape index (κ3) is 4.04. The third-order valence-electron chi connectivity index (χ3n) is 4.41. The first-order chi connectivity index (χ1) is 12.2. The van der Waals surface area contributed by atoms with E-state index in [-0.39, 0.29) is 5.69 Å². The molecule has 0 amide bonds. The Morgan fingerprint density at radius 1 is 1.12 bits per heavy atom. The molecule has 3 rings (SSSR count). The summed E-state index contributed by atoms with van der Waals surface area (Å²) in [5.41, 5.74) is 3.06. The largest absolute Gasteiger partial charge is 0.372 e. The lowest BCUT2D eigenvalue weighted by Crippen LogP contribution is -2.29. The minimum Gasteiger partial charge on any atom is -0.372 e. The average molecular weight is 333 g/mol. The zero-order valence-electron chi connectivity index (χ0n) is 13.9. The molecular formula is C20H19N3O2. The van der Waals surface area contributed by atoms with Gasteiger partial charge in [-0.1, -0.05) is 24.3 Å². The van der Waals surface area contributed by atoms with Crippen LogP contribution in [-0.4, -0.2) is 18.0 Å². The number of nitriles is 1. The highest BCUT2D eigenvalue weighted by Gasteiger charge is 2.11. The molecule has 25 heavy (non-hydrogen) atoms. The molecule has 0 bridgehead atoms. The maximum Gasteiger partial charge on any atom is 0.270 e. The van der Waals surface area contributed by atoms with Crippen LogP contribution < -0.4 is 4.90 Å². The summed E-state index contributed by atoms with van der Waals surface area (Å²) in [4.78, 5) is 12.8. The summed E-state index contributed by atoms with van der Waals surface area (Å²) in [6.45, 7) is 2.18. The quantitative estimate of drug-likeness (QED) is 0.353. The first-order valence-electron chi connectivity index (χ1n) is 8.39. The fourth-order valence-electron chi connectivity index (χ4n) is 3.07. The number of anilines is 1. The normalized spacial score (nSPS) is 14.8. The first kappa shape index (κ1) is 16.7. The summed E-state index contributed by atoms with van der Waals surface area (Å²) in [6.07, 6.45) is 5.52. The van der Waals surface area contributed by atoms with E-state index in [0.717, 1.165) is 18.7 Å². The van der Waals surface area contributed by atoms with Crippen LogP contribution in [0, 0.1) is 21.4 Å². The van der Waals surface area contributed by atoms with Crippen LogP contribution in [0.2, 0.25) is 0 Å². The van der Waals surface area contributed by atoms with Crippen LogP contribution in [-0.2, 0) is 0 Å². The van der Waals surface area contributed by atoms with Crippen LogP contribution in [0.5, 0.6) is 0 Å². The number of nitro groups is 1. The Labute approximate surface area is 147 Å². The molecule has 1 aliphatic heterocycles. The van der Waals surface area contributed by atoms with E-state index in [2.05, 4.69) is 23.1 Å². The van der Waals surface area contributed by atoms with Gasteiger partial charge in [0.15, 0.2) is 0 Å². The van der Waals surface area contributed by atoms with Gasteiger partial charge in [0.05, 0.1) is 16.6 Å². The molecule has 0 radical (unpaired) electrons. The first-order valence-corrected chi connectivity index (χ1v) is 8.39. The molecule has 0 aromatic heterocycles. The Morgan fingerprint density at radius 2 is 1.84 bits per heavy atom. The maximum atomic E-state index is 10.9. The van der Waals surface area contributed by atoms with Crippen LogP contribution in [0.15, 0.2) is 48.5 Å². The number of hydrogen-bond donors (Lipinski definition) is 0. The smallest absolute Gasteiger partial charge is 0.270 e. The zero-order chi connectivity index (χ0) is 17.6. The average Bonchev–Trinajstić information content (AvgIpc) is 2.67. The third-order valence-corrected chi connectivity index (χ3v) is 4.41. The Morgan fingerprint density at radius 3 is 2.48 bits per heavy atom. The van der Waals surface area contributed by atoms with Crippen molar-refractivity contribution in [3.8, 4) is 6.07 Å². The summed E-state index contributed by atoms with van der Waals surface area (Å²) in [7, 11) is 0. The summed E-state index contributed by atoms with van der Waals surface area (Å²) >= 11 is 0. The molecule has 1 aliphatic rings. The van der Waals surface area contributed by atoms with Crippen molar-refractivity contribution in [1.29, 1.82) is 5.26 Å². The Balaban J connectivity index is 1.83. The van der Waals surface area contributed by atoms with Crippen molar-refractivity contribution in [3.05, 3.63) is 69.8 Å². The molecule has 5 nitrogen and oxygen atoms in total. The fourth-order valence-corrected chi connectivity index (χ4v) is 3.07. The second kappa shape index (κ2) is 7.63. The zero-order valence-corrected chi connectivity index (χ0v) is 13.9. The number of nitrogens with zero attached hydrogens (tertiary/aromatic N) is 3.